The Labute approximate surface area is 106 Å². The highest BCUT2D eigenvalue weighted by molar-refractivity contribution is 7.80. The monoisotopic (exact) mass is 252 g/mol. The van der Waals surface area contributed by atoms with Crippen LogP contribution in [0.1, 0.15) is 19.5 Å². The summed E-state index contributed by atoms with van der Waals surface area (Å²) < 4.78 is 5.66. The first-order chi connectivity index (χ1) is 7.99. The van der Waals surface area contributed by atoms with E-state index in [1.165, 1.54) is 0 Å². The number of thiocarbonyl (C=S) groups is 1. The summed E-state index contributed by atoms with van der Waals surface area (Å²) >= 11 is 4.99. The normalized spacial score (nSPS) is 19.1. The number of aromatic nitrogens is 2. The summed E-state index contributed by atoms with van der Waals surface area (Å²) in [6.45, 7) is 6.30. The molecule has 1 saturated heterocycles. The van der Waals surface area contributed by atoms with Gasteiger partial charge in [-0.05, 0) is 13.8 Å². The van der Waals surface area contributed by atoms with Crippen LogP contribution in [0.4, 0.5) is 5.82 Å². The van der Waals surface area contributed by atoms with Crippen LogP contribution in [0.5, 0.6) is 0 Å². The van der Waals surface area contributed by atoms with Gasteiger partial charge in [0.25, 0.3) is 0 Å². The van der Waals surface area contributed by atoms with Crippen LogP contribution in [-0.2, 0) is 4.74 Å². The van der Waals surface area contributed by atoms with Gasteiger partial charge in [0.05, 0.1) is 12.2 Å². The average molecular weight is 252 g/mol. The Morgan fingerprint density at radius 2 is 2.18 bits per heavy atom. The van der Waals surface area contributed by atoms with Crippen molar-refractivity contribution in [2.75, 3.05) is 24.6 Å². The zero-order valence-electron chi connectivity index (χ0n) is 10.0. The van der Waals surface area contributed by atoms with Gasteiger partial charge >= 0.3 is 0 Å². The molecule has 2 rings (SSSR count). The standard InChI is InChI=1S/C11H16N4OS/c1-11(2)7-15(5-6-16-11)10-8(9(12)17)13-3-4-14-10/h3-4H,5-7H2,1-2H3,(H2,12,17). The van der Waals surface area contributed by atoms with Gasteiger partial charge in [0, 0.05) is 25.5 Å². The summed E-state index contributed by atoms with van der Waals surface area (Å²) in [7, 11) is 0. The van der Waals surface area contributed by atoms with Crippen LogP contribution < -0.4 is 10.6 Å². The zero-order valence-corrected chi connectivity index (χ0v) is 10.8. The molecule has 0 atom stereocenters. The SMILES string of the molecule is CC1(C)CN(c2nccnc2C(N)=S)CCO1. The van der Waals surface area contributed by atoms with Crippen LogP contribution in [0, 0.1) is 0 Å². The number of hydrogen-bond acceptors (Lipinski definition) is 5. The molecule has 0 saturated carbocycles. The van der Waals surface area contributed by atoms with Crippen molar-refractivity contribution < 1.29 is 4.74 Å². The van der Waals surface area contributed by atoms with Gasteiger partial charge in [-0.2, -0.15) is 0 Å². The molecule has 17 heavy (non-hydrogen) atoms. The van der Waals surface area contributed by atoms with Crippen LogP contribution >= 0.6 is 12.2 Å². The van der Waals surface area contributed by atoms with Crippen LogP contribution in [0.2, 0.25) is 0 Å². The second kappa shape index (κ2) is 4.54. The van der Waals surface area contributed by atoms with Crippen LogP contribution in [0.3, 0.4) is 0 Å². The fraction of sp³-hybridized carbons (Fsp3) is 0.545. The number of nitrogens with two attached hydrogens (primary N) is 1. The molecule has 6 heteroatoms. The van der Waals surface area contributed by atoms with E-state index in [9.17, 15) is 0 Å². The third-order valence-electron chi connectivity index (χ3n) is 2.64. The molecule has 0 aromatic carbocycles. The molecule has 2 N–H and O–H groups in total. The Balaban J connectivity index is 2.30. The Morgan fingerprint density at radius 1 is 1.47 bits per heavy atom. The maximum atomic E-state index is 5.66. The summed E-state index contributed by atoms with van der Waals surface area (Å²) in [5, 5.41) is 0. The van der Waals surface area contributed by atoms with E-state index >= 15 is 0 Å². The molecule has 92 valence electrons. The van der Waals surface area contributed by atoms with E-state index < -0.39 is 0 Å². The predicted octanol–water partition coefficient (Wildman–Crippen LogP) is 0.726. The van der Waals surface area contributed by atoms with E-state index in [1.807, 2.05) is 0 Å². The van der Waals surface area contributed by atoms with Crippen LogP contribution in [-0.4, -0.2) is 40.3 Å². The number of hydrogen-bond donors (Lipinski definition) is 1. The maximum Gasteiger partial charge on any atom is 0.157 e. The van der Waals surface area contributed by atoms with Crippen molar-refractivity contribution in [1.29, 1.82) is 0 Å². The Kier molecular flexibility index (Phi) is 3.26. The molecule has 1 aliphatic rings. The number of rotatable bonds is 2. The predicted molar refractivity (Wildman–Crippen MR) is 70.2 cm³/mol. The van der Waals surface area contributed by atoms with Crippen molar-refractivity contribution in [3.05, 3.63) is 18.1 Å². The highest BCUT2D eigenvalue weighted by Crippen LogP contribution is 2.23. The number of anilines is 1. The smallest absolute Gasteiger partial charge is 0.157 e. The van der Waals surface area contributed by atoms with Crippen molar-refractivity contribution in [2.45, 2.75) is 19.4 Å². The van der Waals surface area contributed by atoms with Gasteiger partial charge in [0.1, 0.15) is 10.7 Å². The summed E-state index contributed by atoms with van der Waals surface area (Å²) in [4.78, 5) is 10.9. The van der Waals surface area contributed by atoms with E-state index in [0.717, 1.165) is 18.9 Å². The van der Waals surface area contributed by atoms with E-state index in [2.05, 4.69) is 28.7 Å². The molecule has 5 nitrogen and oxygen atoms in total. The molecule has 0 spiro atoms. The Bertz CT molecular complexity index is 435. The molecule has 0 aliphatic carbocycles. The van der Waals surface area contributed by atoms with Gasteiger partial charge in [-0.3, -0.25) is 0 Å². The molecule has 1 fully saturated rings. The minimum atomic E-state index is -0.191. The topological polar surface area (TPSA) is 64.3 Å². The lowest BCUT2D eigenvalue weighted by Gasteiger charge is -2.39. The van der Waals surface area contributed by atoms with Gasteiger partial charge in [-0.1, -0.05) is 12.2 Å². The lowest BCUT2D eigenvalue weighted by Crippen LogP contribution is -2.49. The molecule has 1 aliphatic heterocycles. The molecule has 0 unspecified atom stereocenters. The number of nitrogens with zero attached hydrogens (tertiary/aromatic N) is 3. The fourth-order valence-electron chi connectivity index (χ4n) is 1.93. The summed E-state index contributed by atoms with van der Waals surface area (Å²) in [6.07, 6.45) is 3.25. The van der Waals surface area contributed by atoms with Crippen LogP contribution in [0.15, 0.2) is 12.4 Å². The minimum absolute atomic E-state index is 0.191. The molecular weight excluding hydrogens is 236 g/mol. The van der Waals surface area contributed by atoms with E-state index in [4.69, 9.17) is 22.7 Å². The van der Waals surface area contributed by atoms with Crippen molar-refractivity contribution >= 4 is 23.0 Å². The van der Waals surface area contributed by atoms with E-state index in [-0.39, 0.29) is 10.6 Å². The van der Waals surface area contributed by atoms with Gasteiger partial charge in [0.2, 0.25) is 0 Å². The lowest BCUT2D eigenvalue weighted by molar-refractivity contribution is -0.0279. The zero-order chi connectivity index (χ0) is 12.5. The summed E-state index contributed by atoms with van der Waals surface area (Å²) in [5.74, 6) is 0.747. The molecule has 2 heterocycles. The van der Waals surface area contributed by atoms with E-state index in [0.29, 0.717) is 12.3 Å². The van der Waals surface area contributed by atoms with E-state index in [1.54, 1.807) is 12.4 Å². The highest BCUT2D eigenvalue weighted by atomic mass is 32.1. The third kappa shape index (κ3) is 2.70. The largest absolute Gasteiger partial charge is 0.388 e. The second-order valence-electron chi connectivity index (χ2n) is 4.62. The van der Waals surface area contributed by atoms with Crippen LogP contribution in [0.25, 0.3) is 0 Å². The molecule has 1 aromatic heterocycles. The van der Waals surface area contributed by atoms with Gasteiger partial charge in [-0.25, -0.2) is 9.97 Å². The quantitative estimate of drug-likeness (QED) is 0.783. The van der Waals surface area contributed by atoms with Gasteiger partial charge < -0.3 is 15.4 Å². The minimum Gasteiger partial charge on any atom is -0.388 e. The van der Waals surface area contributed by atoms with Crippen molar-refractivity contribution in [1.82, 2.24) is 9.97 Å². The first-order valence-corrected chi connectivity index (χ1v) is 5.90. The summed E-state index contributed by atoms with van der Waals surface area (Å²) in [6, 6.07) is 0. The average Bonchev–Trinajstić information content (AvgIpc) is 2.27. The lowest BCUT2D eigenvalue weighted by atomic mass is 10.1. The first kappa shape index (κ1) is 12.2. The van der Waals surface area contributed by atoms with Crippen molar-refractivity contribution in [3.8, 4) is 0 Å². The van der Waals surface area contributed by atoms with Crippen molar-refractivity contribution in [3.63, 3.8) is 0 Å². The maximum absolute atomic E-state index is 5.66. The van der Waals surface area contributed by atoms with Crippen molar-refractivity contribution in [2.24, 2.45) is 5.73 Å². The molecule has 0 amide bonds. The number of morpholine rings is 1. The fourth-order valence-corrected chi connectivity index (χ4v) is 2.08. The van der Waals surface area contributed by atoms with Gasteiger partial charge in [0.15, 0.2) is 5.82 Å². The third-order valence-corrected chi connectivity index (χ3v) is 2.83. The molecule has 0 bridgehead atoms. The molecular formula is C11H16N4OS. The molecule has 0 radical (unpaired) electrons. The summed E-state index contributed by atoms with van der Waals surface area (Å²) in [5.41, 5.74) is 6.05. The Morgan fingerprint density at radius 3 is 2.82 bits per heavy atom. The first-order valence-electron chi connectivity index (χ1n) is 5.49. The second-order valence-corrected chi connectivity index (χ2v) is 5.06. The molecule has 1 aromatic rings. The Hall–Kier alpha value is -1.27. The highest BCUT2D eigenvalue weighted by Gasteiger charge is 2.29. The van der Waals surface area contributed by atoms with Gasteiger partial charge in [-0.15, -0.1) is 0 Å². The number of ether oxygens (including phenoxy) is 1.